The number of nitrogens with one attached hydrogen (secondary N) is 2. The van der Waals surface area contributed by atoms with E-state index in [0.717, 1.165) is 16.5 Å². The number of halogens is 1. The van der Waals surface area contributed by atoms with Crippen molar-refractivity contribution in [1.29, 1.82) is 0 Å². The predicted molar refractivity (Wildman–Crippen MR) is 134 cm³/mol. The molecule has 0 amide bonds. The van der Waals surface area contributed by atoms with Crippen LogP contribution in [0.15, 0.2) is 71.8 Å². The maximum Gasteiger partial charge on any atom is 0.337 e. The second-order valence-electron chi connectivity index (χ2n) is 7.93. The summed E-state index contributed by atoms with van der Waals surface area (Å²) in [5.41, 5.74) is 2.78. The molecule has 0 aliphatic carbocycles. The smallest absolute Gasteiger partial charge is 0.337 e. The number of carboxylic acids is 1. The van der Waals surface area contributed by atoms with Crippen molar-refractivity contribution in [1.82, 2.24) is 9.71 Å². The van der Waals surface area contributed by atoms with E-state index in [0.29, 0.717) is 11.1 Å². The number of benzene rings is 3. The zero-order valence-corrected chi connectivity index (χ0v) is 20.2. The fourth-order valence-electron chi connectivity index (χ4n) is 3.93. The SMILES string of the molecule is COc1ccc(-c2ccc(C(=O)O)c(Cl)c2)cc1S(=O)(=O)N[C@@H](CO)Cc1c[nH]c2ccccc12. The topological polar surface area (TPSA) is 129 Å². The van der Waals surface area contributed by atoms with Crippen LogP contribution in [0, 0.1) is 0 Å². The summed E-state index contributed by atoms with van der Waals surface area (Å²) in [5.74, 6) is -1.03. The number of aromatic nitrogens is 1. The average Bonchev–Trinajstić information content (AvgIpc) is 3.25. The fraction of sp³-hybridized carbons (Fsp3) is 0.160. The van der Waals surface area contributed by atoms with Gasteiger partial charge in [-0.2, -0.15) is 0 Å². The Bertz CT molecular complexity index is 1500. The van der Waals surface area contributed by atoms with Gasteiger partial charge < -0.3 is 19.9 Å². The lowest BCUT2D eigenvalue weighted by Crippen LogP contribution is -2.39. The van der Waals surface area contributed by atoms with Gasteiger partial charge in [0.2, 0.25) is 10.0 Å². The lowest BCUT2D eigenvalue weighted by molar-refractivity contribution is 0.0697. The van der Waals surface area contributed by atoms with Gasteiger partial charge in [-0.25, -0.2) is 17.9 Å². The monoisotopic (exact) mass is 514 g/mol. The van der Waals surface area contributed by atoms with E-state index in [1.165, 1.54) is 31.4 Å². The highest BCUT2D eigenvalue weighted by Crippen LogP contribution is 2.32. The molecule has 0 radical (unpaired) electrons. The van der Waals surface area contributed by atoms with Crippen molar-refractivity contribution in [2.24, 2.45) is 0 Å². The normalized spacial score (nSPS) is 12.5. The van der Waals surface area contributed by atoms with E-state index in [2.05, 4.69) is 9.71 Å². The van der Waals surface area contributed by atoms with Crippen LogP contribution in [0.2, 0.25) is 5.02 Å². The molecule has 0 saturated carbocycles. The molecule has 1 heterocycles. The number of H-pyrrole nitrogens is 1. The Kier molecular flexibility index (Phi) is 7.13. The standard InChI is InChI=1S/C25H23ClN2O6S/c1-34-23-9-7-16(15-6-8-20(25(30)31)21(26)11-15)12-24(23)35(32,33)28-18(14-29)10-17-13-27-22-5-3-2-4-19(17)22/h2-9,11-13,18,27-29H,10,14H2,1H3,(H,30,31)/t18-/m1/s1. The van der Waals surface area contributed by atoms with E-state index in [1.54, 1.807) is 18.3 Å². The quantitative estimate of drug-likeness (QED) is 0.266. The summed E-state index contributed by atoms with van der Waals surface area (Å²) < 4.78 is 34.6. The molecule has 4 N–H and O–H groups in total. The molecule has 4 aromatic rings. The molecular weight excluding hydrogens is 492 g/mol. The van der Waals surface area contributed by atoms with Gasteiger partial charge in [-0.1, -0.05) is 41.9 Å². The van der Waals surface area contributed by atoms with Crippen molar-refractivity contribution in [3.05, 3.63) is 83.0 Å². The van der Waals surface area contributed by atoms with Crippen LogP contribution >= 0.6 is 11.6 Å². The number of hydrogen-bond acceptors (Lipinski definition) is 5. The number of methoxy groups -OCH3 is 1. The third-order valence-electron chi connectivity index (χ3n) is 5.67. The van der Waals surface area contributed by atoms with Crippen molar-refractivity contribution in [2.45, 2.75) is 17.4 Å². The Morgan fingerprint density at radius 1 is 1.11 bits per heavy atom. The van der Waals surface area contributed by atoms with Crippen LogP contribution in [-0.2, 0) is 16.4 Å². The molecule has 0 spiro atoms. The molecule has 0 aliphatic heterocycles. The van der Waals surface area contributed by atoms with E-state index < -0.39 is 28.6 Å². The van der Waals surface area contributed by atoms with E-state index in [4.69, 9.17) is 16.3 Å². The van der Waals surface area contributed by atoms with Gasteiger partial charge in [-0.15, -0.1) is 0 Å². The zero-order chi connectivity index (χ0) is 25.2. The van der Waals surface area contributed by atoms with Crippen LogP contribution in [0.1, 0.15) is 15.9 Å². The molecule has 1 aromatic heterocycles. The first-order chi connectivity index (χ1) is 16.7. The number of aromatic carboxylic acids is 1. The zero-order valence-electron chi connectivity index (χ0n) is 18.7. The van der Waals surface area contributed by atoms with Crippen molar-refractivity contribution in [2.75, 3.05) is 13.7 Å². The second kappa shape index (κ2) is 10.1. The van der Waals surface area contributed by atoms with Crippen molar-refractivity contribution < 1.29 is 28.2 Å². The minimum atomic E-state index is -4.11. The number of fused-ring (bicyclic) bond motifs is 1. The fourth-order valence-corrected chi connectivity index (χ4v) is 5.61. The number of rotatable bonds is 9. The second-order valence-corrected chi connectivity index (χ2v) is 10.0. The highest BCUT2D eigenvalue weighted by Gasteiger charge is 2.25. The lowest BCUT2D eigenvalue weighted by Gasteiger charge is -2.18. The molecular formula is C25H23ClN2O6S. The Hall–Kier alpha value is -3.37. The molecule has 35 heavy (non-hydrogen) atoms. The van der Waals surface area contributed by atoms with Gasteiger partial charge in [0.1, 0.15) is 10.6 Å². The number of sulfonamides is 1. The Morgan fingerprint density at radius 2 is 1.83 bits per heavy atom. The van der Waals surface area contributed by atoms with Gasteiger partial charge in [-0.3, -0.25) is 0 Å². The van der Waals surface area contributed by atoms with E-state index in [-0.39, 0.29) is 27.7 Å². The van der Waals surface area contributed by atoms with Crippen molar-refractivity contribution in [3.8, 4) is 16.9 Å². The molecule has 182 valence electrons. The van der Waals surface area contributed by atoms with Crippen molar-refractivity contribution >= 4 is 38.5 Å². The number of hydrogen-bond donors (Lipinski definition) is 4. The van der Waals surface area contributed by atoms with Crippen LogP contribution < -0.4 is 9.46 Å². The molecule has 0 bridgehead atoms. The first-order valence-corrected chi connectivity index (χ1v) is 12.5. The van der Waals surface area contributed by atoms with Gasteiger partial charge in [0, 0.05) is 23.1 Å². The molecule has 8 nitrogen and oxygen atoms in total. The number of aliphatic hydroxyl groups excluding tert-OH is 1. The largest absolute Gasteiger partial charge is 0.495 e. The molecule has 0 fully saturated rings. The molecule has 4 rings (SSSR count). The Labute approximate surface area is 207 Å². The Morgan fingerprint density at radius 3 is 2.51 bits per heavy atom. The minimum Gasteiger partial charge on any atom is -0.495 e. The molecule has 3 aromatic carbocycles. The number of ether oxygens (including phenoxy) is 1. The molecule has 0 unspecified atom stereocenters. The molecule has 10 heteroatoms. The van der Waals surface area contributed by atoms with Crippen LogP contribution in [-0.4, -0.2) is 49.3 Å². The first-order valence-electron chi connectivity index (χ1n) is 10.6. The van der Waals surface area contributed by atoms with E-state index in [1.807, 2.05) is 24.3 Å². The summed E-state index contributed by atoms with van der Waals surface area (Å²) >= 11 is 6.09. The third kappa shape index (κ3) is 5.18. The number of aromatic amines is 1. The lowest BCUT2D eigenvalue weighted by atomic mass is 10.0. The summed E-state index contributed by atoms with van der Waals surface area (Å²) in [5, 5.41) is 20.1. The van der Waals surface area contributed by atoms with Crippen LogP contribution in [0.25, 0.3) is 22.0 Å². The van der Waals surface area contributed by atoms with E-state index in [9.17, 15) is 23.4 Å². The average molecular weight is 515 g/mol. The maximum atomic E-state index is 13.4. The molecule has 0 saturated heterocycles. The number of para-hydroxylation sites is 1. The maximum absolute atomic E-state index is 13.4. The highest BCUT2D eigenvalue weighted by atomic mass is 35.5. The Balaban J connectivity index is 1.65. The number of aliphatic hydroxyl groups is 1. The van der Waals surface area contributed by atoms with E-state index >= 15 is 0 Å². The third-order valence-corrected chi connectivity index (χ3v) is 7.52. The van der Waals surface area contributed by atoms with Gasteiger partial charge in [0.05, 0.1) is 24.3 Å². The van der Waals surface area contributed by atoms with Gasteiger partial charge >= 0.3 is 5.97 Å². The first kappa shape index (κ1) is 24.7. The van der Waals surface area contributed by atoms with Crippen LogP contribution in [0.4, 0.5) is 0 Å². The summed E-state index contributed by atoms with van der Waals surface area (Å²) in [7, 11) is -2.74. The van der Waals surface area contributed by atoms with Crippen LogP contribution in [0.5, 0.6) is 5.75 Å². The van der Waals surface area contributed by atoms with Gasteiger partial charge in [-0.05, 0) is 53.4 Å². The highest BCUT2D eigenvalue weighted by molar-refractivity contribution is 7.89. The molecule has 0 aliphatic rings. The van der Waals surface area contributed by atoms with Crippen molar-refractivity contribution in [3.63, 3.8) is 0 Å². The summed E-state index contributed by atoms with van der Waals surface area (Å²) in [6.45, 7) is -0.410. The van der Waals surface area contributed by atoms with Gasteiger partial charge in [0.15, 0.2) is 0 Å². The van der Waals surface area contributed by atoms with Crippen LogP contribution in [0.3, 0.4) is 0 Å². The predicted octanol–water partition coefficient (Wildman–Crippen LogP) is 4.08. The number of carbonyl (C=O) groups is 1. The van der Waals surface area contributed by atoms with Gasteiger partial charge in [0.25, 0.3) is 0 Å². The number of carboxylic acid groups (broad SMARTS) is 1. The summed E-state index contributed by atoms with van der Waals surface area (Å²) in [6, 6.07) is 15.8. The minimum absolute atomic E-state index is 0.0347. The molecule has 1 atom stereocenters. The summed E-state index contributed by atoms with van der Waals surface area (Å²) in [6.07, 6.45) is 2.07. The summed E-state index contributed by atoms with van der Waals surface area (Å²) in [4.78, 5) is 14.3.